The highest BCUT2D eigenvalue weighted by molar-refractivity contribution is 6.32. The average molecular weight is 292 g/mol. The van der Waals surface area contributed by atoms with Gasteiger partial charge in [0.25, 0.3) is 5.91 Å². The van der Waals surface area contributed by atoms with Crippen LogP contribution in [-0.4, -0.2) is 24.2 Å². The van der Waals surface area contributed by atoms with Gasteiger partial charge in [0.05, 0.1) is 17.1 Å². The van der Waals surface area contributed by atoms with E-state index in [-0.39, 0.29) is 17.2 Å². The van der Waals surface area contributed by atoms with E-state index in [2.05, 4.69) is 5.32 Å². The number of halogens is 1. The second kappa shape index (κ2) is 6.82. The second-order valence-electron chi connectivity index (χ2n) is 4.05. The lowest BCUT2D eigenvalue weighted by atomic mass is 10.2. The number of rotatable bonds is 5. The first kappa shape index (κ1) is 14.2. The number of carbonyl (C=O) groups is 1. The molecule has 5 heteroatoms. The van der Waals surface area contributed by atoms with Gasteiger partial charge in [-0.2, -0.15) is 0 Å². The number of aromatic hydroxyl groups is 1. The maximum atomic E-state index is 11.8. The molecule has 0 radical (unpaired) electrons. The van der Waals surface area contributed by atoms with Crippen LogP contribution in [0, 0.1) is 0 Å². The number of ether oxygens (including phenoxy) is 1. The number of hydrogen-bond acceptors (Lipinski definition) is 3. The molecule has 2 rings (SSSR count). The number of nitrogens with one attached hydrogen (secondary N) is 1. The van der Waals surface area contributed by atoms with Crippen LogP contribution in [0.1, 0.15) is 10.4 Å². The molecule has 2 aromatic carbocycles. The summed E-state index contributed by atoms with van der Waals surface area (Å²) in [5.74, 6) is 0.189. The molecule has 104 valence electrons. The van der Waals surface area contributed by atoms with Crippen LogP contribution in [0.3, 0.4) is 0 Å². The van der Waals surface area contributed by atoms with Crippen molar-refractivity contribution >= 4 is 17.5 Å². The molecule has 0 unspecified atom stereocenters. The van der Waals surface area contributed by atoms with E-state index in [9.17, 15) is 9.90 Å². The molecule has 0 aromatic heterocycles. The lowest BCUT2D eigenvalue weighted by Crippen LogP contribution is -2.28. The lowest BCUT2D eigenvalue weighted by Gasteiger charge is -2.09. The second-order valence-corrected chi connectivity index (χ2v) is 4.46. The minimum Gasteiger partial charge on any atom is -0.507 e. The molecule has 0 bridgehead atoms. The molecule has 0 atom stereocenters. The Morgan fingerprint density at radius 2 is 1.85 bits per heavy atom. The third-order valence-electron chi connectivity index (χ3n) is 2.63. The fourth-order valence-electron chi connectivity index (χ4n) is 1.65. The number of phenolic OH excluding ortho intramolecular Hbond substituents is 1. The smallest absolute Gasteiger partial charge is 0.255 e. The average Bonchev–Trinajstić information content (AvgIpc) is 2.45. The highest BCUT2D eigenvalue weighted by atomic mass is 35.5. The van der Waals surface area contributed by atoms with E-state index in [4.69, 9.17) is 16.3 Å². The minimum absolute atomic E-state index is 0.0444. The van der Waals surface area contributed by atoms with Crippen LogP contribution in [0.15, 0.2) is 48.5 Å². The number of phenols is 1. The molecule has 1 amide bonds. The first-order chi connectivity index (χ1) is 9.68. The maximum absolute atomic E-state index is 11.8. The third kappa shape index (κ3) is 3.65. The summed E-state index contributed by atoms with van der Waals surface area (Å²) in [7, 11) is 0. The van der Waals surface area contributed by atoms with Crippen molar-refractivity contribution in [1.29, 1.82) is 0 Å². The van der Waals surface area contributed by atoms with Crippen molar-refractivity contribution < 1.29 is 14.6 Å². The first-order valence-electron chi connectivity index (χ1n) is 6.12. The molecule has 0 aliphatic heterocycles. The Bertz CT molecular complexity index is 601. The number of carbonyl (C=O) groups excluding carboxylic acids is 1. The highest BCUT2D eigenvalue weighted by Crippen LogP contribution is 2.22. The van der Waals surface area contributed by atoms with Gasteiger partial charge >= 0.3 is 0 Å². The predicted octanol–water partition coefficient (Wildman–Crippen LogP) is 2.85. The molecule has 0 spiro atoms. The van der Waals surface area contributed by atoms with Crippen LogP contribution in [0.5, 0.6) is 11.5 Å². The SMILES string of the molecule is O=C(NCCOc1ccccc1Cl)c1ccccc1O. The summed E-state index contributed by atoms with van der Waals surface area (Å²) >= 11 is 5.94. The van der Waals surface area contributed by atoms with Crippen LogP contribution in [0.2, 0.25) is 5.02 Å². The Labute approximate surface area is 122 Å². The quantitative estimate of drug-likeness (QED) is 0.833. The lowest BCUT2D eigenvalue weighted by molar-refractivity contribution is 0.0944. The summed E-state index contributed by atoms with van der Waals surface area (Å²) in [5, 5.41) is 12.7. The van der Waals surface area contributed by atoms with Crippen LogP contribution in [0.4, 0.5) is 0 Å². The summed E-state index contributed by atoms with van der Waals surface area (Å²) in [5.41, 5.74) is 0.241. The first-order valence-corrected chi connectivity index (χ1v) is 6.50. The predicted molar refractivity (Wildman–Crippen MR) is 77.4 cm³/mol. The molecule has 0 saturated heterocycles. The summed E-state index contributed by atoms with van der Waals surface area (Å²) in [6.07, 6.45) is 0. The van der Waals surface area contributed by atoms with Crippen LogP contribution < -0.4 is 10.1 Å². The molecule has 0 fully saturated rings. The molecule has 20 heavy (non-hydrogen) atoms. The van der Waals surface area contributed by atoms with Gasteiger partial charge in [-0.05, 0) is 24.3 Å². The van der Waals surface area contributed by atoms with E-state index >= 15 is 0 Å². The van der Waals surface area contributed by atoms with E-state index in [1.54, 1.807) is 30.3 Å². The molecular weight excluding hydrogens is 278 g/mol. The molecule has 2 aromatic rings. The van der Waals surface area contributed by atoms with Crippen molar-refractivity contribution in [2.24, 2.45) is 0 Å². The topological polar surface area (TPSA) is 58.6 Å². The molecule has 2 N–H and O–H groups in total. The zero-order chi connectivity index (χ0) is 14.4. The van der Waals surface area contributed by atoms with E-state index < -0.39 is 0 Å². The van der Waals surface area contributed by atoms with Crippen LogP contribution in [-0.2, 0) is 0 Å². The zero-order valence-corrected chi connectivity index (χ0v) is 11.4. The van der Waals surface area contributed by atoms with Gasteiger partial charge < -0.3 is 15.2 Å². The van der Waals surface area contributed by atoms with Crippen molar-refractivity contribution in [3.8, 4) is 11.5 Å². The molecule has 0 aliphatic carbocycles. The number of para-hydroxylation sites is 2. The van der Waals surface area contributed by atoms with Gasteiger partial charge in [-0.15, -0.1) is 0 Å². The minimum atomic E-state index is -0.342. The standard InChI is InChI=1S/C15H14ClNO3/c16-12-6-2-4-8-14(12)20-10-9-17-15(19)11-5-1-3-7-13(11)18/h1-8,18H,9-10H2,(H,17,19). The highest BCUT2D eigenvalue weighted by Gasteiger charge is 2.09. The van der Waals surface area contributed by atoms with E-state index in [1.807, 2.05) is 12.1 Å². The van der Waals surface area contributed by atoms with Crippen LogP contribution >= 0.6 is 11.6 Å². The summed E-state index contributed by atoms with van der Waals surface area (Å²) in [6.45, 7) is 0.613. The molecule has 0 heterocycles. The van der Waals surface area contributed by atoms with E-state index in [1.165, 1.54) is 6.07 Å². The Balaban J connectivity index is 1.81. The Morgan fingerprint density at radius 1 is 1.15 bits per heavy atom. The van der Waals surface area contributed by atoms with Crippen molar-refractivity contribution in [3.05, 3.63) is 59.1 Å². The Hall–Kier alpha value is -2.20. The third-order valence-corrected chi connectivity index (χ3v) is 2.94. The van der Waals surface area contributed by atoms with Gasteiger partial charge in [0.15, 0.2) is 0 Å². The van der Waals surface area contributed by atoms with Gasteiger partial charge in [-0.3, -0.25) is 4.79 Å². The molecule has 0 aliphatic rings. The van der Waals surface area contributed by atoms with Crippen molar-refractivity contribution in [1.82, 2.24) is 5.32 Å². The fourth-order valence-corrected chi connectivity index (χ4v) is 1.84. The van der Waals surface area contributed by atoms with Crippen LogP contribution in [0.25, 0.3) is 0 Å². The van der Waals surface area contributed by atoms with Crippen molar-refractivity contribution in [2.75, 3.05) is 13.2 Å². The van der Waals surface area contributed by atoms with Gasteiger partial charge in [-0.25, -0.2) is 0 Å². The molecule has 4 nitrogen and oxygen atoms in total. The number of benzene rings is 2. The summed E-state index contributed by atoms with van der Waals surface area (Å²) < 4.78 is 5.44. The molecule has 0 saturated carbocycles. The van der Waals surface area contributed by atoms with Gasteiger partial charge in [0.2, 0.25) is 0 Å². The number of hydrogen-bond donors (Lipinski definition) is 2. The Kier molecular flexibility index (Phi) is 4.85. The fraction of sp³-hybridized carbons (Fsp3) is 0.133. The summed E-state index contributed by atoms with van der Waals surface area (Å²) in [4.78, 5) is 11.8. The van der Waals surface area contributed by atoms with E-state index in [0.717, 1.165) is 0 Å². The zero-order valence-electron chi connectivity index (χ0n) is 10.7. The Morgan fingerprint density at radius 3 is 2.60 bits per heavy atom. The van der Waals surface area contributed by atoms with Gasteiger partial charge in [0.1, 0.15) is 18.1 Å². The summed E-state index contributed by atoms with van der Waals surface area (Å²) in [6, 6.07) is 13.5. The maximum Gasteiger partial charge on any atom is 0.255 e. The van der Waals surface area contributed by atoms with Crippen molar-refractivity contribution in [2.45, 2.75) is 0 Å². The normalized spacial score (nSPS) is 10.1. The molecular formula is C15H14ClNO3. The van der Waals surface area contributed by atoms with Gasteiger partial charge in [0, 0.05) is 0 Å². The van der Waals surface area contributed by atoms with Crippen molar-refractivity contribution in [3.63, 3.8) is 0 Å². The monoisotopic (exact) mass is 291 g/mol. The largest absolute Gasteiger partial charge is 0.507 e. The van der Waals surface area contributed by atoms with E-state index in [0.29, 0.717) is 23.9 Å². The number of amides is 1. The van der Waals surface area contributed by atoms with Gasteiger partial charge in [-0.1, -0.05) is 35.9 Å².